The molecule has 1 N–H and O–H groups in total. The van der Waals surface area contributed by atoms with Gasteiger partial charge >= 0.3 is 0 Å². The van der Waals surface area contributed by atoms with Crippen LogP contribution in [0.4, 0.5) is 4.39 Å². The van der Waals surface area contributed by atoms with E-state index in [2.05, 4.69) is 31.2 Å². The third-order valence-corrected chi connectivity index (χ3v) is 7.02. The average Bonchev–Trinajstić information content (AvgIpc) is 3.40. The molecule has 1 amide bonds. The third kappa shape index (κ3) is 5.39. The van der Waals surface area contributed by atoms with Crippen LogP contribution in [0.2, 0.25) is 0 Å². The quantitative estimate of drug-likeness (QED) is 0.524. The van der Waals surface area contributed by atoms with Gasteiger partial charge in [-0.15, -0.1) is 11.3 Å². The maximum atomic E-state index is 13.6. The van der Waals surface area contributed by atoms with E-state index in [1.807, 2.05) is 15.8 Å². The van der Waals surface area contributed by atoms with Crippen molar-refractivity contribution in [3.8, 4) is 21.8 Å². The molecular formula is C26H33FN4O2S. The van der Waals surface area contributed by atoms with Crippen molar-refractivity contribution >= 4 is 17.2 Å². The van der Waals surface area contributed by atoms with E-state index in [4.69, 9.17) is 4.98 Å². The molecule has 1 saturated heterocycles. The van der Waals surface area contributed by atoms with Gasteiger partial charge in [0.2, 0.25) is 5.91 Å². The lowest BCUT2D eigenvalue weighted by molar-refractivity contribution is -0.136. The van der Waals surface area contributed by atoms with Gasteiger partial charge in [0.15, 0.2) is 0 Å². The molecule has 1 aliphatic heterocycles. The van der Waals surface area contributed by atoms with Crippen molar-refractivity contribution in [2.24, 2.45) is 0 Å². The normalized spacial score (nSPS) is 15.7. The molecule has 0 radical (unpaired) electrons. The zero-order valence-corrected chi connectivity index (χ0v) is 21.3. The minimum absolute atomic E-state index is 0.00320. The third-order valence-electron chi connectivity index (χ3n) is 6.12. The Balaban J connectivity index is 1.56. The summed E-state index contributed by atoms with van der Waals surface area (Å²) in [7, 11) is 0. The van der Waals surface area contributed by atoms with Crippen molar-refractivity contribution in [3.63, 3.8) is 0 Å². The summed E-state index contributed by atoms with van der Waals surface area (Å²) in [5.41, 5.74) is 2.58. The van der Waals surface area contributed by atoms with Crippen LogP contribution in [-0.4, -0.2) is 49.4 Å². The fourth-order valence-corrected chi connectivity index (χ4v) is 5.32. The number of rotatable bonds is 5. The Kier molecular flexibility index (Phi) is 6.66. The van der Waals surface area contributed by atoms with Crippen LogP contribution in [0.3, 0.4) is 0 Å². The lowest BCUT2D eigenvalue weighted by Crippen LogP contribution is -2.41. The van der Waals surface area contributed by atoms with Crippen molar-refractivity contribution in [1.82, 2.24) is 19.7 Å². The zero-order valence-electron chi connectivity index (χ0n) is 20.5. The maximum Gasteiger partial charge on any atom is 0.225 e. The van der Waals surface area contributed by atoms with Crippen LogP contribution >= 0.6 is 11.3 Å². The molecule has 1 fully saturated rings. The number of amides is 1. The number of hydrogen-bond donors (Lipinski definition) is 1. The fraction of sp³-hybridized carbons (Fsp3) is 0.500. The summed E-state index contributed by atoms with van der Waals surface area (Å²) in [4.78, 5) is 19.3. The van der Waals surface area contributed by atoms with E-state index >= 15 is 0 Å². The number of hydrogen-bond acceptors (Lipinski definition) is 5. The van der Waals surface area contributed by atoms with E-state index in [9.17, 15) is 14.3 Å². The minimum Gasteiger partial charge on any atom is -0.390 e. The van der Waals surface area contributed by atoms with Crippen LogP contribution in [0.1, 0.15) is 65.5 Å². The monoisotopic (exact) mass is 484 g/mol. The van der Waals surface area contributed by atoms with E-state index in [1.54, 1.807) is 37.3 Å². The van der Waals surface area contributed by atoms with Gasteiger partial charge in [0.05, 0.1) is 40.7 Å². The van der Waals surface area contributed by atoms with Crippen LogP contribution in [-0.2, 0) is 10.3 Å². The first-order chi connectivity index (χ1) is 15.9. The summed E-state index contributed by atoms with van der Waals surface area (Å²) in [6, 6.07) is 6.51. The predicted octanol–water partition coefficient (Wildman–Crippen LogP) is 5.43. The number of aromatic nitrogens is 3. The Bertz CT molecular complexity index is 1150. The highest BCUT2D eigenvalue weighted by atomic mass is 32.1. The number of thiazole rings is 1. The maximum absolute atomic E-state index is 13.6. The molecule has 1 aromatic carbocycles. The number of piperidine rings is 1. The smallest absolute Gasteiger partial charge is 0.225 e. The molecule has 0 atom stereocenters. The van der Waals surface area contributed by atoms with Gasteiger partial charge in [-0.05, 0) is 71.7 Å². The van der Waals surface area contributed by atoms with E-state index in [-0.39, 0.29) is 23.7 Å². The number of carbonyl (C=O) groups excluding carboxylic acids is 1. The summed E-state index contributed by atoms with van der Waals surface area (Å²) in [5.74, 6) is 0.0302. The topological polar surface area (TPSA) is 71.2 Å². The van der Waals surface area contributed by atoms with Crippen molar-refractivity contribution in [1.29, 1.82) is 0 Å². The summed E-state index contributed by atoms with van der Waals surface area (Å²) < 4.78 is 15.6. The van der Waals surface area contributed by atoms with Crippen molar-refractivity contribution in [2.75, 3.05) is 13.1 Å². The van der Waals surface area contributed by atoms with Crippen LogP contribution in [0.5, 0.6) is 0 Å². The van der Waals surface area contributed by atoms with E-state index < -0.39 is 5.60 Å². The average molecular weight is 485 g/mol. The highest BCUT2D eigenvalue weighted by Crippen LogP contribution is 2.39. The predicted molar refractivity (Wildman–Crippen MR) is 133 cm³/mol. The highest BCUT2D eigenvalue weighted by Gasteiger charge is 2.29. The number of nitrogens with zero attached hydrogens (tertiary/aromatic N) is 4. The molecule has 182 valence electrons. The van der Waals surface area contributed by atoms with E-state index in [0.29, 0.717) is 19.0 Å². The molecule has 0 bridgehead atoms. The summed E-state index contributed by atoms with van der Waals surface area (Å²) in [5, 5.41) is 17.6. The number of likely N-dealkylation sites (tertiary alicyclic amines) is 1. The Labute approximate surface area is 204 Å². The van der Waals surface area contributed by atoms with Gasteiger partial charge in [0.25, 0.3) is 0 Å². The van der Waals surface area contributed by atoms with Crippen LogP contribution in [0.25, 0.3) is 21.8 Å². The fourth-order valence-electron chi connectivity index (χ4n) is 4.40. The standard InChI is InChI=1S/C26H33FN4O2S/c1-25(2,3)31-23(18-6-8-19(27)9-7-18)20(15-28-31)24-29-21(16-34-24)17-10-12-30(13-11-17)22(32)14-26(4,5)33/h6-9,15-17,33H,10-14H2,1-5H3. The molecule has 3 aromatic rings. The number of carbonyl (C=O) groups is 1. The van der Waals surface area contributed by atoms with Crippen molar-refractivity contribution in [2.45, 2.75) is 70.9 Å². The van der Waals surface area contributed by atoms with Gasteiger partial charge in [0.1, 0.15) is 10.8 Å². The molecule has 0 saturated carbocycles. The van der Waals surface area contributed by atoms with Gasteiger partial charge in [-0.1, -0.05) is 0 Å². The molecule has 34 heavy (non-hydrogen) atoms. The summed E-state index contributed by atoms with van der Waals surface area (Å²) in [6.45, 7) is 11.0. The lowest BCUT2D eigenvalue weighted by atomic mass is 9.93. The van der Waals surface area contributed by atoms with Crippen LogP contribution in [0, 0.1) is 5.82 Å². The van der Waals surface area contributed by atoms with Gasteiger partial charge in [-0.25, -0.2) is 9.37 Å². The van der Waals surface area contributed by atoms with E-state index in [0.717, 1.165) is 40.4 Å². The Morgan fingerprint density at radius 2 is 1.79 bits per heavy atom. The lowest BCUT2D eigenvalue weighted by Gasteiger charge is -2.32. The first-order valence-electron chi connectivity index (χ1n) is 11.7. The number of halogens is 1. The van der Waals surface area contributed by atoms with Crippen molar-refractivity contribution < 1.29 is 14.3 Å². The second kappa shape index (κ2) is 9.23. The molecule has 2 aromatic heterocycles. The SMILES string of the molecule is CC(C)(O)CC(=O)N1CCC(c2csc(-c3cnn(C(C)(C)C)c3-c3ccc(F)cc3)n2)CC1. The molecular weight excluding hydrogens is 451 g/mol. The number of aliphatic hydroxyl groups is 1. The first kappa shape index (κ1) is 24.5. The second-order valence-electron chi connectivity index (χ2n) is 10.7. The molecule has 4 rings (SSSR count). The Morgan fingerprint density at radius 3 is 2.38 bits per heavy atom. The van der Waals surface area contributed by atoms with Gasteiger partial charge in [-0.2, -0.15) is 5.10 Å². The van der Waals surface area contributed by atoms with Gasteiger partial charge in [0, 0.05) is 30.0 Å². The second-order valence-corrected chi connectivity index (χ2v) is 11.6. The summed E-state index contributed by atoms with van der Waals surface area (Å²) in [6.07, 6.45) is 3.70. The Morgan fingerprint density at radius 1 is 1.15 bits per heavy atom. The molecule has 0 aliphatic carbocycles. The van der Waals surface area contributed by atoms with Gasteiger partial charge in [-0.3, -0.25) is 9.48 Å². The largest absolute Gasteiger partial charge is 0.390 e. The van der Waals surface area contributed by atoms with Crippen LogP contribution in [0.15, 0.2) is 35.8 Å². The molecule has 3 heterocycles. The summed E-state index contributed by atoms with van der Waals surface area (Å²) >= 11 is 1.60. The molecule has 8 heteroatoms. The Hall–Kier alpha value is -2.58. The number of benzene rings is 1. The van der Waals surface area contributed by atoms with Crippen molar-refractivity contribution in [3.05, 3.63) is 47.4 Å². The molecule has 6 nitrogen and oxygen atoms in total. The van der Waals surface area contributed by atoms with Crippen LogP contribution < -0.4 is 0 Å². The molecule has 1 aliphatic rings. The highest BCUT2D eigenvalue weighted by molar-refractivity contribution is 7.13. The minimum atomic E-state index is -0.989. The molecule has 0 spiro atoms. The zero-order chi connectivity index (χ0) is 24.7. The molecule has 0 unspecified atom stereocenters. The van der Waals surface area contributed by atoms with Gasteiger partial charge < -0.3 is 10.0 Å². The first-order valence-corrected chi connectivity index (χ1v) is 12.6. The van der Waals surface area contributed by atoms with E-state index in [1.165, 1.54) is 12.1 Å².